The number of anilines is 1. The molecule has 0 N–H and O–H groups in total. The monoisotopic (exact) mass is 317 g/mol. The maximum atomic E-state index is 12.7. The minimum absolute atomic E-state index is 0.144. The van der Waals surface area contributed by atoms with E-state index in [9.17, 15) is 9.59 Å². The van der Waals surface area contributed by atoms with Crippen molar-refractivity contribution in [3.63, 3.8) is 0 Å². The SMILES string of the molecule is O=C1[C@@H]2[C@H](C(=O)N1c1ccc(-c3ccccc3)cc1)[C@H]1C=C[C@H]2O1. The lowest BCUT2D eigenvalue weighted by Crippen LogP contribution is -2.34. The summed E-state index contributed by atoms with van der Waals surface area (Å²) in [5, 5.41) is 0. The minimum atomic E-state index is -0.360. The van der Waals surface area contributed by atoms with Crippen LogP contribution in [0.5, 0.6) is 0 Å². The Hall–Kier alpha value is -2.72. The van der Waals surface area contributed by atoms with E-state index in [2.05, 4.69) is 0 Å². The second kappa shape index (κ2) is 4.89. The lowest BCUT2D eigenvalue weighted by Gasteiger charge is -2.18. The van der Waals surface area contributed by atoms with E-state index < -0.39 is 0 Å². The van der Waals surface area contributed by atoms with Crippen molar-refractivity contribution < 1.29 is 14.3 Å². The number of hydrogen-bond donors (Lipinski definition) is 0. The first-order valence-electron chi connectivity index (χ1n) is 8.11. The summed E-state index contributed by atoms with van der Waals surface area (Å²) < 4.78 is 5.66. The van der Waals surface area contributed by atoms with Crippen LogP contribution in [0.15, 0.2) is 66.7 Å². The van der Waals surface area contributed by atoms with Crippen LogP contribution in [0.4, 0.5) is 5.69 Å². The first-order chi connectivity index (χ1) is 11.7. The molecule has 0 unspecified atom stereocenters. The second-order valence-electron chi connectivity index (χ2n) is 6.43. The van der Waals surface area contributed by atoms with Crippen molar-refractivity contribution in [2.45, 2.75) is 12.2 Å². The maximum Gasteiger partial charge on any atom is 0.240 e. The molecule has 24 heavy (non-hydrogen) atoms. The molecule has 2 aromatic carbocycles. The molecule has 2 aromatic rings. The smallest absolute Gasteiger partial charge is 0.240 e. The van der Waals surface area contributed by atoms with E-state index in [1.54, 1.807) is 0 Å². The van der Waals surface area contributed by atoms with Crippen LogP contribution in [-0.2, 0) is 14.3 Å². The van der Waals surface area contributed by atoms with Gasteiger partial charge in [-0.1, -0.05) is 54.6 Å². The van der Waals surface area contributed by atoms with Gasteiger partial charge in [-0.15, -0.1) is 0 Å². The zero-order chi connectivity index (χ0) is 16.3. The van der Waals surface area contributed by atoms with Crippen LogP contribution in [0.2, 0.25) is 0 Å². The molecule has 2 amide bonds. The minimum Gasteiger partial charge on any atom is -0.365 e. The summed E-state index contributed by atoms with van der Waals surface area (Å²) in [5.41, 5.74) is 2.80. The summed E-state index contributed by atoms with van der Waals surface area (Å²) in [6.07, 6.45) is 3.31. The lowest BCUT2D eigenvalue weighted by molar-refractivity contribution is -0.124. The molecule has 0 radical (unpaired) electrons. The number of rotatable bonds is 2. The fourth-order valence-corrected chi connectivity index (χ4v) is 3.99. The molecule has 0 aromatic heterocycles. The number of fused-ring (bicyclic) bond motifs is 5. The third kappa shape index (κ3) is 1.77. The molecule has 2 bridgehead atoms. The first-order valence-corrected chi connectivity index (χ1v) is 8.11. The summed E-state index contributed by atoms with van der Waals surface area (Å²) in [5.74, 6) is -1.01. The number of nitrogens with zero attached hydrogens (tertiary/aromatic N) is 1. The third-order valence-electron chi connectivity index (χ3n) is 5.14. The Bertz CT molecular complexity index is 826. The highest BCUT2D eigenvalue weighted by Gasteiger charge is 2.60. The molecule has 3 aliphatic rings. The molecule has 5 rings (SSSR count). The topological polar surface area (TPSA) is 46.6 Å². The molecule has 118 valence electrons. The van der Waals surface area contributed by atoms with Gasteiger partial charge in [0, 0.05) is 0 Å². The Morgan fingerprint density at radius 3 is 1.83 bits per heavy atom. The van der Waals surface area contributed by atoms with Crippen molar-refractivity contribution in [3.8, 4) is 11.1 Å². The van der Waals surface area contributed by atoms with Gasteiger partial charge in [0.05, 0.1) is 29.7 Å². The van der Waals surface area contributed by atoms with Crippen LogP contribution in [0.3, 0.4) is 0 Å². The quantitative estimate of drug-likeness (QED) is 0.632. The van der Waals surface area contributed by atoms with Gasteiger partial charge in [-0.05, 0) is 23.3 Å². The van der Waals surface area contributed by atoms with Crippen molar-refractivity contribution in [3.05, 3.63) is 66.7 Å². The lowest BCUT2D eigenvalue weighted by atomic mass is 9.85. The number of benzene rings is 2. The van der Waals surface area contributed by atoms with Crippen LogP contribution < -0.4 is 4.90 Å². The van der Waals surface area contributed by atoms with E-state index in [0.29, 0.717) is 5.69 Å². The van der Waals surface area contributed by atoms with E-state index in [1.807, 2.05) is 66.7 Å². The molecule has 0 aliphatic carbocycles. The maximum absolute atomic E-state index is 12.7. The van der Waals surface area contributed by atoms with Gasteiger partial charge in [0.25, 0.3) is 0 Å². The third-order valence-corrected chi connectivity index (χ3v) is 5.14. The molecule has 2 fully saturated rings. The largest absolute Gasteiger partial charge is 0.365 e. The predicted molar refractivity (Wildman–Crippen MR) is 89.2 cm³/mol. The number of carbonyl (C=O) groups is 2. The molecule has 4 heteroatoms. The Morgan fingerprint density at radius 1 is 0.708 bits per heavy atom. The molecule has 0 spiro atoms. The zero-order valence-corrected chi connectivity index (χ0v) is 12.8. The number of carbonyl (C=O) groups excluding carboxylic acids is 2. The Labute approximate surface area is 139 Å². The van der Waals surface area contributed by atoms with Crippen LogP contribution in [-0.4, -0.2) is 24.0 Å². The van der Waals surface area contributed by atoms with Crippen molar-refractivity contribution in [1.82, 2.24) is 0 Å². The average molecular weight is 317 g/mol. The molecule has 0 saturated carbocycles. The van der Waals surface area contributed by atoms with Gasteiger partial charge in [-0.25, -0.2) is 4.90 Å². The Kier molecular flexibility index (Phi) is 2.79. The van der Waals surface area contributed by atoms with Crippen molar-refractivity contribution in [1.29, 1.82) is 0 Å². The van der Waals surface area contributed by atoms with Crippen LogP contribution >= 0.6 is 0 Å². The van der Waals surface area contributed by atoms with Crippen LogP contribution in [0, 0.1) is 11.8 Å². The van der Waals surface area contributed by atoms with Crippen molar-refractivity contribution in [2.24, 2.45) is 11.8 Å². The van der Waals surface area contributed by atoms with Crippen LogP contribution in [0.25, 0.3) is 11.1 Å². The summed E-state index contributed by atoms with van der Waals surface area (Å²) >= 11 is 0. The van der Waals surface area contributed by atoms with Gasteiger partial charge >= 0.3 is 0 Å². The zero-order valence-electron chi connectivity index (χ0n) is 12.8. The van der Waals surface area contributed by atoms with Gasteiger partial charge in [0.2, 0.25) is 11.8 Å². The summed E-state index contributed by atoms with van der Waals surface area (Å²) in [6, 6.07) is 17.6. The van der Waals surface area contributed by atoms with E-state index in [0.717, 1.165) is 11.1 Å². The number of amides is 2. The molecule has 3 aliphatic heterocycles. The van der Waals surface area contributed by atoms with Gasteiger partial charge < -0.3 is 4.74 Å². The summed E-state index contributed by atoms with van der Waals surface area (Å²) in [7, 11) is 0. The average Bonchev–Trinajstić information content (AvgIpc) is 3.30. The fraction of sp³-hybridized carbons (Fsp3) is 0.200. The van der Waals surface area contributed by atoms with Gasteiger partial charge in [-0.3, -0.25) is 9.59 Å². The van der Waals surface area contributed by atoms with E-state index >= 15 is 0 Å². The second-order valence-corrected chi connectivity index (χ2v) is 6.43. The predicted octanol–water partition coefficient (Wildman–Crippen LogP) is 2.80. The van der Waals surface area contributed by atoms with E-state index in [4.69, 9.17) is 4.74 Å². The fourth-order valence-electron chi connectivity index (χ4n) is 3.99. The molecular formula is C20H15NO3. The molecule has 4 nitrogen and oxygen atoms in total. The standard InChI is InChI=1S/C20H15NO3/c22-19-17-15-10-11-16(24-15)18(17)20(23)21(19)14-8-6-13(7-9-14)12-4-2-1-3-5-12/h1-11,15-18H/t15-,16-,17-,18+/m1/s1. The molecule has 2 saturated heterocycles. The summed E-state index contributed by atoms with van der Waals surface area (Å²) in [4.78, 5) is 26.8. The molecule has 3 heterocycles. The number of imide groups is 1. The Balaban J connectivity index is 1.47. The van der Waals surface area contributed by atoms with E-state index in [-0.39, 0.29) is 35.9 Å². The number of hydrogen-bond acceptors (Lipinski definition) is 3. The summed E-state index contributed by atoms with van der Waals surface area (Å²) in [6.45, 7) is 0. The number of ether oxygens (including phenoxy) is 1. The Morgan fingerprint density at radius 2 is 1.25 bits per heavy atom. The van der Waals surface area contributed by atoms with Crippen molar-refractivity contribution >= 4 is 17.5 Å². The van der Waals surface area contributed by atoms with Gasteiger partial charge in [0.1, 0.15) is 0 Å². The highest BCUT2D eigenvalue weighted by Crippen LogP contribution is 2.46. The molecular weight excluding hydrogens is 302 g/mol. The normalized spacial score (nSPS) is 30.2. The van der Waals surface area contributed by atoms with Crippen LogP contribution in [0.1, 0.15) is 0 Å². The van der Waals surface area contributed by atoms with E-state index in [1.165, 1.54) is 4.90 Å². The molecule has 4 atom stereocenters. The highest BCUT2D eigenvalue weighted by atomic mass is 16.5. The van der Waals surface area contributed by atoms with Crippen molar-refractivity contribution in [2.75, 3.05) is 4.90 Å². The van der Waals surface area contributed by atoms with Gasteiger partial charge in [0.15, 0.2) is 0 Å². The first kappa shape index (κ1) is 13.7. The van der Waals surface area contributed by atoms with Gasteiger partial charge in [-0.2, -0.15) is 0 Å². The highest BCUT2D eigenvalue weighted by molar-refractivity contribution is 6.23.